The van der Waals surface area contributed by atoms with E-state index in [-0.39, 0.29) is 0 Å². The van der Waals surface area contributed by atoms with Crippen LogP contribution in [-0.4, -0.2) is 42.7 Å². The van der Waals surface area contributed by atoms with Crippen LogP contribution in [0, 0.1) is 0 Å². The van der Waals surface area contributed by atoms with E-state index in [1.165, 1.54) is 0 Å². The average Bonchev–Trinajstić information content (AvgIpc) is 2.25. The van der Waals surface area contributed by atoms with E-state index in [2.05, 4.69) is 17.1 Å². The molecule has 1 rings (SSSR count). The molecule has 0 saturated heterocycles. The first kappa shape index (κ1) is 13.7. The summed E-state index contributed by atoms with van der Waals surface area (Å²) < 4.78 is 0. The van der Waals surface area contributed by atoms with Gasteiger partial charge in [0.05, 0.1) is 5.56 Å². The Morgan fingerprint density at radius 1 is 1.41 bits per heavy atom. The molecule has 0 fully saturated rings. The molecule has 94 valence electrons. The van der Waals surface area contributed by atoms with E-state index in [1.54, 1.807) is 12.1 Å². The highest BCUT2D eigenvalue weighted by molar-refractivity contribution is 5.89. The van der Waals surface area contributed by atoms with Crippen molar-refractivity contribution in [2.24, 2.45) is 0 Å². The standard InChI is InChI=1S/C13H20N2O2/c1-10(9-15(2)3)14-8-11-6-4-5-7-12(11)13(16)17/h4-7,10,14H,8-9H2,1-3H3,(H,16,17). The molecule has 1 aromatic rings. The van der Waals surface area contributed by atoms with E-state index >= 15 is 0 Å². The van der Waals surface area contributed by atoms with Crippen molar-refractivity contribution < 1.29 is 9.90 Å². The van der Waals surface area contributed by atoms with E-state index in [1.807, 2.05) is 26.2 Å². The molecule has 1 aromatic carbocycles. The lowest BCUT2D eigenvalue weighted by atomic mass is 10.1. The maximum atomic E-state index is 11.0. The van der Waals surface area contributed by atoms with Crippen LogP contribution in [0.2, 0.25) is 0 Å². The second kappa shape index (κ2) is 6.37. The monoisotopic (exact) mass is 236 g/mol. The van der Waals surface area contributed by atoms with Crippen molar-refractivity contribution in [1.29, 1.82) is 0 Å². The molecule has 0 radical (unpaired) electrons. The Kier molecular flexibility index (Phi) is 5.12. The number of hydrogen-bond donors (Lipinski definition) is 2. The second-order valence-corrected chi connectivity index (χ2v) is 4.51. The minimum absolute atomic E-state index is 0.326. The number of rotatable bonds is 6. The number of carboxylic acids is 1. The lowest BCUT2D eigenvalue weighted by Gasteiger charge is -2.18. The van der Waals surface area contributed by atoms with Gasteiger partial charge in [-0.25, -0.2) is 4.79 Å². The molecule has 4 heteroatoms. The van der Waals surface area contributed by atoms with Crippen LogP contribution < -0.4 is 5.32 Å². The molecule has 0 aromatic heterocycles. The number of hydrogen-bond acceptors (Lipinski definition) is 3. The van der Waals surface area contributed by atoms with Gasteiger partial charge in [0.25, 0.3) is 0 Å². The van der Waals surface area contributed by atoms with Crippen molar-refractivity contribution in [3.05, 3.63) is 35.4 Å². The highest BCUT2D eigenvalue weighted by Crippen LogP contribution is 2.08. The summed E-state index contributed by atoms with van der Waals surface area (Å²) >= 11 is 0. The topological polar surface area (TPSA) is 52.6 Å². The van der Waals surface area contributed by atoms with E-state index < -0.39 is 5.97 Å². The minimum atomic E-state index is -0.873. The first-order valence-electron chi connectivity index (χ1n) is 5.70. The van der Waals surface area contributed by atoms with Gasteiger partial charge >= 0.3 is 5.97 Å². The van der Waals surface area contributed by atoms with Gasteiger partial charge in [0.2, 0.25) is 0 Å². The Balaban J connectivity index is 2.60. The molecule has 0 aliphatic rings. The molecule has 2 N–H and O–H groups in total. The van der Waals surface area contributed by atoms with Gasteiger partial charge in [-0.3, -0.25) is 0 Å². The van der Waals surface area contributed by atoms with Crippen LogP contribution in [0.1, 0.15) is 22.8 Å². The Hall–Kier alpha value is -1.39. The molecular weight excluding hydrogens is 216 g/mol. The molecule has 0 aliphatic carbocycles. The summed E-state index contributed by atoms with van der Waals surface area (Å²) in [5, 5.41) is 12.4. The van der Waals surface area contributed by atoms with E-state index in [0.29, 0.717) is 18.2 Å². The van der Waals surface area contributed by atoms with E-state index in [0.717, 1.165) is 12.1 Å². The Labute approximate surface area is 102 Å². The average molecular weight is 236 g/mol. The van der Waals surface area contributed by atoms with Crippen molar-refractivity contribution in [3.8, 4) is 0 Å². The third kappa shape index (κ3) is 4.54. The molecule has 0 amide bonds. The largest absolute Gasteiger partial charge is 0.478 e. The van der Waals surface area contributed by atoms with Crippen molar-refractivity contribution in [1.82, 2.24) is 10.2 Å². The third-order valence-corrected chi connectivity index (χ3v) is 2.53. The summed E-state index contributed by atoms with van der Waals surface area (Å²) in [5.41, 5.74) is 1.20. The molecular formula is C13H20N2O2. The highest BCUT2D eigenvalue weighted by atomic mass is 16.4. The fraction of sp³-hybridized carbons (Fsp3) is 0.462. The maximum absolute atomic E-state index is 11.0. The number of likely N-dealkylation sites (N-methyl/N-ethyl adjacent to an activating group) is 1. The van der Waals surface area contributed by atoms with Gasteiger partial charge in [-0.1, -0.05) is 18.2 Å². The van der Waals surface area contributed by atoms with Gasteiger partial charge in [0.15, 0.2) is 0 Å². The third-order valence-electron chi connectivity index (χ3n) is 2.53. The minimum Gasteiger partial charge on any atom is -0.478 e. The van der Waals surface area contributed by atoms with Crippen LogP contribution in [0.3, 0.4) is 0 Å². The van der Waals surface area contributed by atoms with Gasteiger partial charge in [-0.2, -0.15) is 0 Å². The van der Waals surface area contributed by atoms with Gasteiger partial charge in [0, 0.05) is 19.1 Å². The Bertz CT molecular complexity index is 377. The summed E-state index contributed by atoms with van der Waals surface area (Å²) in [6.45, 7) is 3.59. The zero-order chi connectivity index (χ0) is 12.8. The molecule has 1 atom stereocenters. The smallest absolute Gasteiger partial charge is 0.336 e. The molecule has 0 aliphatic heterocycles. The number of nitrogens with one attached hydrogen (secondary N) is 1. The first-order valence-corrected chi connectivity index (χ1v) is 5.70. The lowest BCUT2D eigenvalue weighted by molar-refractivity contribution is 0.0695. The molecule has 0 spiro atoms. The molecule has 0 heterocycles. The van der Waals surface area contributed by atoms with Crippen molar-refractivity contribution in [2.45, 2.75) is 19.5 Å². The molecule has 0 bridgehead atoms. The highest BCUT2D eigenvalue weighted by Gasteiger charge is 2.09. The summed E-state index contributed by atoms with van der Waals surface area (Å²) in [6.07, 6.45) is 0. The molecule has 17 heavy (non-hydrogen) atoms. The maximum Gasteiger partial charge on any atom is 0.336 e. The second-order valence-electron chi connectivity index (χ2n) is 4.51. The summed E-state index contributed by atoms with van der Waals surface area (Å²) in [5.74, 6) is -0.873. The van der Waals surface area contributed by atoms with Crippen LogP contribution in [-0.2, 0) is 6.54 Å². The normalized spacial score (nSPS) is 12.7. The number of aromatic carboxylic acids is 1. The van der Waals surface area contributed by atoms with Crippen LogP contribution in [0.15, 0.2) is 24.3 Å². The number of nitrogens with zero attached hydrogens (tertiary/aromatic N) is 1. The van der Waals surface area contributed by atoms with Crippen LogP contribution in [0.25, 0.3) is 0 Å². The molecule has 4 nitrogen and oxygen atoms in total. The first-order chi connectivity index (χ1) is 8.00. The summed E-state index contributed by atoms with van der Waals surface area (Å²) in [6, 6.07) is 7.41. The van der Waals surface area contributed by atoms with Gasteiger partial charge < -0.3 is 15.3 Å². The predicted molar refractivity (Wildman–Crippen MR) is 68.3 cm³/mol. The van der Waals surface area contributed by atoms with Crippen LogP contribution in [0.5, 0.6) is 0 Å². The van der Waals surface area contributed by atoms with Gasteiger partial charge in [0.1, 0.15) is 0 Å². The molecule has 1 unspecified atom stereocenters. The predicted octanol–water partition coefficient (Wildman–Crippen LogP) is 1.42. The van der Waals surface area contributed by atoms with E-state index in [4.69, 9.17) is 5.11 Å². The zero-order valence-electron chi connectivity index (χ0n) is 10.6. The number of benzene rings is 1. The van der Waals surface area contributed by atoms with Crippen LogP contribution in [0.4, 0.5) is 0 Å². The zero-order valence-corrected chi connectivity index (χ0v) is 10.6. The van der Waals surface area contributed by atoms with Gasteiger partial charge in [-0.15, -0.1) is 0 Å². The quantitative estimate of drug-likeness (QED) is 0.784. The fourth-order valence-electron chi connectivity index (χ4n) is 1.78. The van der Waals surface area contributed by atoms with Crippen molar-refractivity contribution in [3.63, 3.8) is 0 Å². The van der Waals surface area contributed by atoms with Crippen molar-refractivity contribution >= 4 is 5.97 Å². The summed E-state index contributed by atoms with van der Waals surface area (Å²) in [4.78, 5) is 13.1. The Morgan fingerprint density at radius 3 is 2.65 bits per heavy atom. The van der Waals surface area contributed by atoms with Crippen LogP contribution >= 0.6 is 0 Å². The SMILES string of the molecule is CC(CN(C)C)NCc1ccccc1C(=O)O. The van der Waals surface area contributed by atoms with Crippen molar-refractivity contribution in [2.75, 3.05) is 20.6 Å². The summed E-state index contributed by atoms with van der Waals surface area (Å²) in [7, 11) is 4.03. The van der Waals surface area contributed by atoms with Gasteiger partial charge in [-0.05, 0) is 32.6 Å². The fourth-order valence-corrected chi connectivity index (χ4v) is 1.78. The Morgan fingerprint density at radius 2 is 2.06 bits per heavy atom. The lowest BCUT2D eigenvalue weighted by Crippen LogP contribution is -2.35. The molecule has 0 saturated carbocycles. The number of carboxylic acid groups (broad SMARTS) is 1. The number of carbonyl (C=O) groups is 1. The van der Waals surface area contributed by atoms with E-state index in [9.17, 15) is 4.79 Å².